The van der Waals surface area contributed by atoms with Gasteiger partial charge in [0, 0.05) is 11.5 Å². The molecule has 0 bridgehead atoms. The molecule has 1 heterocycles. The number of benzene rings is 1. The molecule has 6 nitrogen and oxygen atoms in total. The average molecular weight is 311 g/mol. The van der Waals surface area contributed by atoms with E-state index in [0.29, 0.717) is 12.4 Å². The minimum atomic E-state index is -0.281. The highest BCUT2D eigenvalue weighted by Gasteiger charge is 2.16. The van der Waals surface area contributed by atoms with Crippen LogP contribution in [0.3, 0.4) is 0 Å². The van der Waals surface area contributed by atoms with Crippen LogP contribution in [0.5, 0.6) is 5.75 Å². The zero-order valence-corrected chi connectivity index (χ0v) is 11.2. The molecule has 0 saturated heterocycles. The largest absolute Gasteiger partial charge is 0.507 e. The maximum Gasteiger partial charge on any atom is 0.257 e. The van der Waals surface area contributed by atoms with Gasteiger partial charge in [0.25, 0.3) is 5.91 Å². The van der Waals surface area contributed by atoms with Crippen LogP contribution in [-0.2, 0) is 6.54 Å². The van der Waals surface area contributed by atoms with Crippen molar-refractivity contribution in [3.05, 3.63) is 40.4 Å². The van der Waals surface area contributed by atoms with Crippen molar-refractivity contribution in [1.29, 1.82) is 0 Å². The van der Waals surface area contributed by atoms with Gasteiger partial charge in [0.1, 0.15) is 17.9 Å². The lowest BCUT2D eigenvalue weighted by molar-refractivity contribution is 0.0778. The summed E-state index contributed by atoms with van der Waals surface area (Å²) >= 11 is 3.22. The molecule has 7 heteroatoms. The second-order valence-electron chi connectivity index (χ2n) is 3.75. The number of phenols is 1. The second kappa shape index (κ2) is 5.18. The molecule has 18 heavy (non-hydrogen) atoms. The van der Waals surface area contributed by atoms with E-state index in [1.54, 1.807) is 19.2 Å². The van der Waals surface area contributed by atoms with Crippen LogP contribution in [0.25, 0.3) is 0 Å². The molecule has 1 aromatic carbocycles. The highest BCUT2D eigenvalue weighted by molar-refractivity contribution is 9.10. The molecule has 0 saturated carbocycles. The first kappa shape index (κ1) is 12.6. The van der Waals surface area contributed by atoms with Crippen LogP contribution in [0, 0.1) is 0 Å². The number of carbonyl (C=O) groups excluding carboxylic acids is 1. The van der Waals surface area contributed by atoms with Crippen molar-refractivity contribution in [3.63, 3.8) is 0 Å². The zero-order valence-electron chi connectivity index (χ0n) is 9.59. The predicted octanol–water partition coefficient (Wildman–Crippen LogP) is 1.54. The van der Waals surface area contributed by atoms with Crippen molar-refractivity contribution >= 4 is 21.8 Å². The van der Waals surface area contributed by atoms with E-state index in [2.05, 4.69) is 31.1 Å². The van der Waals surface area contributed by atoms with E-state index in [1.807, 2.05) is 0 Å². The Labute approximate surface area is 112 Å². The molecule has 0 atom stereocenters. The SMILES string of the molecule is CN(Cc1ncn[nH]1)C(=O)c1ccc(Br)cc1O. The number of nitrogens with one attached hydrogen (secondary N) is 1. The first-order valence-corrected chi connectivity index (χ1v) is 5.95. The minimum Gasteiger partial charge on any atom is -0.507 e. The second-order valence-corrected chi connectivity index (χ2v) is 4.67. The lowest BCUT2D eigenvalue weighted by Gasteiger charge is -2.16. The lowest BCUT2D eigenvalue weighted by atomic mass is 10.2. The van der Waals surface area contributed by atoms with Crippen LogP contribution < -0.4 is 0 Å². The lowest BCUT2D eigenvalue weighted by Crippen LogP contribution is -2.26. The van der Waals surface area contributed by atoms with Gasteiger partial charge in [0.2, 0.25) is 0 Å². The molecule has 2 rings (SSSR count). The number of amides is 1. The third-order valence-electron chi connectivity index (χ3n) is 2.39. The van der Waals surface area contributed by atoms with E-state index in [1.165, 1.54) is 17.3 Å². The minimum absolute atomic E-state index is 0.0567. The number of hydrogen-bond donors (Lipinski definition) is 2. The number of rotatable bonds is 3. The van der Waals surface area contributed by atoms with E-state index in [9.17, 15) is 9.90 Å². The molecule has 0 aliphatic carbocycles. The Kier molecular flexibility index (Phi) is 3.61. The normalized spacial score (nSPS) is 10.3. The Morgan fingerprint density at radius 2 is 2.33 bits per heavy atom. The molecule has 0 spiro atoms. The summed E-state index contributed by atoms with van der Waals surface area (Å²) in [6.07, 6.45) is 1.38. The topological polar surface area (TPSA) is 82.1 Å². The first-order valence-electron chi connectivity index (χ1n) is 5.16. The van der Waals surface area contributed by atoms with Gasteiger partial charge in [-0.15, -0.1) is 0 Å². The molecule has 1 amide bonds. The van der Waals surface area contributed by atoms with Gasteiger partial charge < -0.3 is 10.0 Å². The maximum atomic E-state index is 12.1. The van der Waals surface area contributed by atoms with E-state index in [4.69, 9.17) is 0 Å². The van der Waals surface area contributed by atoms with Gasteiger partial charge in [0.05, 0.1) is 12.1 Å². The number of aromatic amines is 1. The summed E-state index contributed by atoms with van der Waals surface area (Å²) in [6.45, 7) is 0.300. The van der Waals surface area contributed by atoms with Gasteiger partial charge in [-0.2, -0.15) is 5.10 Å². The number of carbonyl (C=O) groups is 1. The van der Waals surface area contributed by atoms with Crippen LogP contribution in [-0.4, -0.2) is 38.1 Å². The molecule has 0 fully saturated rings. The molecule has 0 radical (unpaired) electrons. The fraction of sp³-hybridized carbons (Fsp3) is 0.182. The Bertz CT molecular complexity index is 556. The number of halogens is 1. The van der Waals surface area contributed by atoms with Crippen LogP contribution >= 0.6 is 15.9 Å². The summed E-state index contributed by atoms with van der Waals surface area (Å²) in [7, 11) is 1.63. The summed E-state index contributed by atoms with van der Waals surface area (Å²) in [6, 6.07) is 4.75. The summed E-state index contributed by atoms with van der Waals surface area (Å²) in [5, 5.41) is 16.1. The van der Waals surface area contributed by atoms with Crippen LogP contribution in [0.1, 0.15) is 16.2 Å². The summed E-state index contributed by atoms with van der Waals surface area (Å²) in [5.41, 5.74) is 0.250. The molecule has 94 valence electrons. The monoisotopic (exact) mass is 310 g/mol. The third kappa shape index (κ3) is 2.67. The fourth-order valence-electron chi connectivity index (χ4n) is 1.49. The number of H-pyrrole nitrogens is 1. The smallest absolute Gasteiger partial charge is 0.257 e. The van der Waals surface area contributed by atoms with Crippen molar-refractivity contribution in [1.82, 2.24) is 20.1 Å². The number of aromatic hydroxyl groups is 1. The number of hydrogen-bond acceptors (Lipinski definition) is 4. The average Bonchev–Trinajstić information content (AvgIpc) is 2.81. The van der Waals surface area contributed by atoms with Crippen molar-refractivity contribution in [2.45, 2.75) is 6.54 Å². The highest BCUT2D eigenvalue weighted by Crippen LogP contribution is 2.23. The van der Waals surface area contributed by atoms with Gasteiger partial charge in [0.15, 0.2) is 0 Å². The van der Waals surface area contributed by atoms with E-state index in [-0.39, 0.29) is 17.2 Å². The number of nitrogens with zero attached hydrogens (tertiary/aromatic N) is 3. The quantitative estimate of drug-likeness (QED) is 0.901. The van der Waals surface area contributed by atoms with Crippen molar-refractivity contribution in [2.24, 2.45) is 0 Å². The molecule has 0 aliphatic heterocycles. The van der Waals surface area contributed by atoms with Crippen LogP contribution in [0.15, 0.2) is 29.0 Å². The molecular formula is C11H11BrN4O2. The molecular weight excluding hydrogens is 300 g/mol. The third-order valence-corrected chi connectivity index (χ3v) is 2.88. The molecule has 0 aliphatic rings. The Morgan fingerprint density at radius 1 is 1.56 bits per heavy atom. The van der Waals surface area contributed by atoms with Gasteiger partial charge in [-0.25, -0.2) is 4.98 Å². The maximum absolute atomic E-state index is 12.1. The number of phenolic OH excluding ortho intramolecular Hbond substituents is 1. The number of aromatic nitrogens is 3. The molecule has 0 unspecified atom stereocenters. The summed E-state index contributed by atoms with van der Waals surface area (Å²) < 4.78 is 0.717. The standard InChI is InChI=1S/C11H11BrN4O2/c1-16(5-10-13-6-14-15-10)11(18)8-3-2-7(12)4-9(8)17/h2-4,6,17H,5H2,1H3,(H,13,14,15). The van der Waals surface area contributed by atoms with Gasteiger partial charge in [-0.1, -0.05) is 15.9 Å². The van der Waals surface area contributed by atoms with Gasteiger partial charge in [-0.3, -0.25) is 9.89 Å². The van der Waals surface area contributed by atoms with Crippen LogP contribution in [0.2, 0.25) is 0 Å². The van der Waals surface area contributed by atoms with Crippen molar-refractivity contribution < 1.29 is 9.90 Å². The van der Waals surface area contributed by atoms with Gasteiger partial charge in [-0.05, 0) is 18.2 Å². The van der Waals surface area contributed by atoms with Crippen molar-refractivity contribution in [3.8, 4) is 5.75 Å². The fourth-order valence-corrected chi connectivity index (χ4v) is 1.84. The molecule has 2 aromatic rings. The first-order chi connectivity index (χ1) is 8.58. The Hall–Kier alpha value is -1.89. The summed E-state index contributed by atoms with van der Waals surface area (Å²) in [5.74, 6) is 0.248. The van der Waals surface area contributed by atoms with Crippen LogP contribution in [0.4, 0.5) is 0 Å². The predicted molar refractivity (Wildman–Crippen MR) is 68.0 cm³/mol. The zero-order chi connectivity index (χ0) is 13.1. The van der Waals surface area contributed by atoms with Crippen molar-refractivity contribution in [2.75, 3.05) is 7.05 Å². The van der Waals surface area contributed by atoms with E-state index in [0.717, 1.165) is 4.47 Å². The summed E-state index contributed by atoms with van der Waals surface area (Å²) in [4.78, 5) is 17.5. The van der Waals surface area contributed by atoms with E-state index >= 15 is 0 Å². The van der Waals surface area contributed by atoms with E-state index < -0.39 is 0 Å². The van der Waals surface area contributed by atoms with Gasteiger partial charge >= 0.3 is 0 Å². The molecule has 1 aromatic heterocycles. The molecule has 2 N–H and O–H groups in total. The Balaban J connectivity index is 2.15. The Morgan fingerprint density at radius 3 is 2.94 bits per heavy atom. The highest BCUT2D eigenvalue weighted by atomic mass is 79.9.